The SMILES string of the molecule is COCCn1c(=NC(=O)COc2ccccc2)sc2c(C)cc(C)cc21. The lowest BCUT2D eigenvalue weighted by molar-refractivity contribution is -0.120. The number of aryl methyl sites for hydroxylation is 2. The van der Waals surface area contributed by atoms with Crippen molar-refractivity contribution in [3.63, 3.8) is 0 Å². The van der Waals surface area contributed by atoms with Gasteiger partial charge in [-0.1, -0.05) is 35.6 Å². The van der Waals surface area contributed by atoms with Crippen LogP contribution in [0.4, 0.5) is 0 Å². The van der Waals surface area contributed by atoms with Gasteiger partial charge in [0.15, 0.2) is 11.4 Å². The van der Waals surface area contributed by atoms with Crippen molar-refractivity contribution in [2.45, 2.75) is 20.4 Å². The molecule has 0 atom stereocenters. The third-order valence-electron chi connectivity index (χ3n) is 3.96. The first-order valence-corrected chi connectivity index (χ1v) is 9.25. The molecule has 0 saturated heterocycles. The monoisotopic (exact) mass is 370 g/mol. The summed E-state index contributed by atoms with van der Waals surface area (Å²) in [6.07, 6.45) is 0. The number of thiazole rings is 1. The fourth-order valence-corrected chi connectivity index (χ4v) is 3.92. The molecule has 1 aromatic heterocycles. The van der Waals surface area contributed by atoms with Crippen LogP contribution in [0.1, 0.15) is 11.1 Å². The van der Waals surface area contributed by atoms with E-state index in [1.165, 1.54) is 22.5 Å². The number of hydrogen-bond donors (Lipinski definition) is 0. The fourth-order valence-electron chi connectivity index (χ4n) is 2.80. The highest BCUT2D eigenvalue weighted by Gasteiger charge is 2.11. The van der Waals surface area contributed by atoms with Crippen LogP contribution in [0.2, 0.25) is 0 Å². The van der Waals surface area contributed by atoms with Gasteiger partial charge >= 0.3 is 0 Å². The van der Waals surface area contributed by atoms with E-state index in [9.17, 15) is 4.79 Å². The first-order valence-electron chi connectivity index (χ1n) is 8.43. The molecule has 2 aromatic carbocycles. The number of rotatable bonds is 6. The molecule has 1 heterocycles. The first kappa shape index (κ1) is 18.4. The Labute approximate surface area is 156 Å². The maximum atomic E-state index is 12.3. The van der Waals surface area contributed by atoms with Gasteiger partial charge < -0.3 is 14.0 Å². The molecule has 0 aliphatic carbocycles. The first-order chi connectivity index (χ1) is 12.6. The molecule has 1 amide bonds. The summed E-state index contributed by atoms with van der Waals surface area (Å²) in [6.45, 7) is 5.27. The summed E-state index contributed by atoms with van der Waals surface area (Å²) in [7, 11) is 1.67. The quantitative estimate of drug-likeness (QED) is 0.668. The number of methoxy groups -OCH3 is 1. The van der Waals surface area contributed by atoms with E-state index in [1.54, 1.807) is 7.11 Å². The van der Waals surface area contributed by atoms with Gasteiger partial charge in [0.2, 0.25) is 0 Å². The van der Waals surface area contributed by atoms with Crippen LogP contribution in [0.25, 0.3) is 10.2 Å². The zero-order chi connectivity index (χ0) is 18.5. The molecule has 0 unspecified atom stereocenters. The van der Waals surface area contributed by atoms with Gasteiger partial charge in [-0.3, -0.25) is 4.79 Å². The van der Waals surface area contributed by atoms with Crippen molar-refractivity contribution in [3.8, 4) is 5.75 Å². The highest BCUT2D eigenvalue weighted by Crippen LogP contribution is 2.23. The van der Waals surface area contributed by atoms with Crippen LogP contribution < -0.4 is 9.54 Å². The van der Waals surface area contributed by atoms with E-state index in [1.807, 2.05) is 34.9 Å². The average molecular weight is 370 g/mol. The van der Waals surface area contributed by atoms with Crippen LogP contribution in [0.15, 0.2) is 47.5 Å². The van der Waals surface area contributed by atoms with Gasteiger partial charge in [-0.25, -0.2) is 0 Å². The molecule has 5 nitrogen and oxygen atoms in total. The molecule has 136 valence electrons. The second-order valence-electron chi connectivity index (χ2n) is 6.07. The molecule has 0 aliphatic heterocycles. The molecule has 3 rings (SSSR count). The Kier molecular flexibility index (Phi) is 5.85. The maximum Gasteiger partial charge on any atom is 0.286 e. The summed E-state index contributed by atoms with van der Waals surface area (Å²) >= 11 is 1.52. The minimum absolute atomic E-state index is 0.0828. The van der Waals surface area contributed by atoms with Crippen LogP contribution in [-0.2, 0) is 16.1 Å². The third-order valence-corrected chi connectivity index (χ3v) is 5.19. The second kappa shape index (κ2) is 8.29. The summed E-state index contributed by atoms with van der Waals surface area (Å²) < 4.78 is 13.9. The zero-order valence-electron chi connectivity index (χ0n) is 15.2. The van der Waals surface area contributed by atoms with Crippen LogP contribution in [0, 0.1) is 13.8 Å². The number of aromatic nitrogens is 1. The molecule has 0 fully saturated rings. The minimum Gasteiger partial charge on any atom is -0.484 e. The predicted octanol–water partition coefficient (Wildman–Crippen LogP) is 3.47. The summed E-state index contributed by atoms with van der Waals surface area (Å²) in [5, 5.41) is 0. The smallest absolute Gasteiger partial charge is 0.286 e. The third kappa shape index (κ3) is 4.20. The summed E-state index contributed by atoms with van der Waals surface area (Å²) in [4.78, 5) is 17.3. The number of nitrogens with zero attached hydrogens (tertiary/aromatic N) is 2. The number of carbonyl (C=O) groups is 1. The number of ether oxygens (including phenoxy) is 2. The van der Waals surface area contributed by atoms with Gasteiger partial charge in [-0.05, 0) is 43.2 Å². The standard InChI is InChI=1S/C20H22N2O3S/c1-14-11-15(2)19-17(12-14)22(9-10-24-3)20(26-19)21-18(23)13-25-16-7-5-4-6-8-16/h4-8,11-12H,9-10,13H2,1-3H3. The average Bonchev–Trinajstić information content (AvgIpc) is 2.96. The van der Waals surface area contributed by atoms with Crippen molar-refractivity contribution in [3.05, 3.63) is 58.4 Å². The molecule has 0 spiro atoms. The van der Waals surface area contributed by atoms with E-state index in [0.29, 0.717) is 23.7 Å². The Morgan fingerprint density at radius 2 is 1.96 bits per heavy atom. The summed E-state index contributed by atoms with van der Waals surface area (Å²) in [5.74, 6) is 0.354. The second-order valence-corrected chi connectivity index (χ2v) is 7.04. The zero-order valence-corrected chi connectivity index (χ0v) is 16.0. The summed E-state index contributed by atoms with van der Waals surface area (Å²) in [6, 6.07) is 13.5. The number of benzene rings is 2. The predicted molar refractivity (Wildman–Crippen MR) is 104 cm³/mol. The normalized spacial score (nSPS) is 11.9. The molecule has 0 radical (unpaired) electrons. The number of fused-ring (bicyclic) bond motifs is 1. The molecule has 26 heavy (non-hydrogen) atoms. The number of carbonyl (C=O) groups excluding carboxylic acids is 1. The molecular formula is C20H22N2O3S. The lowest BCUT2D eigenvalue weighted by Gasteiger charge is -2.06. The van der Waals surface area contributed by atoms with Crippen LogP contribution in [0.3, 0.4) is 0 Å². The molecular weight excluding hydrogens is 348 g/mol. The highest BCUT2D eigenvalue weighted by molar-refractivity contribution is 7.16. The molecule has 0 aliphatic rings. The van der Waals surface area contributed by atoms with Crippen molar-refractivity contribution in [1.82, 2.24) is 4.57 Å². The van der Waals surface area contributed by atoms with Crippen LogP contribution in [0.5, 0.6) is 5.75 Å². The molecule has 6 heteroatoms. The van der Waals surface area contributed by atoms with Crippen LogP contribution in [-0.4, -0.2) is 30.8 Å². The molecule has 0 saturated carbocycles. The van der Waals surface area contributed by atoms with Crippen molar-refractivity contribution in [2.24, 2.45) is 4.99 Å². The number of hydrogen-bond acceptors (Lipinski definition) is 4. The lowest BCUT2D eigenvalue weighted by atomic mass is 10.1. The molecule has 0 bridgehead atoms. The molecule has 0 N–H and O–H groups in total. The van der Waals surface area contributed by atoms with E-state index in [0.717, 1.165) is 10.2 Å². The van der Waals surface area contributed by atoms with E-state index in [-0.39, 0.29) is 12.5 Å². The van der Waals surface area contributed by atoms with Crippen molar-refractivity contribution >= 4 is 27.5 Å². The Morgan fingerprint density at radius 3 is 2.69 bits per heavy atom. The van der Waals surface area contributed by atoms with E-state index in [2.05, 4.69) is 31.0 Å². The van der Waals surface area contributed by atoms with Gasteiger partial charge in [0.25, 0.3) is 5.91 Å². The Bertz CT molecular complexity index is 974. The van der Waals surface area contributed by atoms with Crippen molar-refractivity contribution < 1.29 is 14.3 Å². The number of amides is 1. The van der Waals surface area contributed by atoms with E-state index in [4.69, 9.17) is 9.47 Å². The van der Waals surface area contributed by atoms with Crippen LogP contribution >= 0.6 is 11.3 Å². The topological polar surface area (TPSA) is 52.8 Å². The van der Waals surface area contributed by atoms with Crippen molar-refractivity contribution in [1.29, 1.82) is 0 Å². The fraction of sp³-hybridized carbons (Fsp3) is 0.300. The maximum absolute atomic E-state index is 12.3. The minimum atomic E-state index is -0.305. The summed E-state index contributed by atoms with van der Waals surface area (Å²) in [5.41, 5.74) is 3.45. The van der Waals surface area contributed by atoms with Gasteiger partial charge in [0.1, 0.15) is 5.75 Å². The van der Waals surface area contributed by atoms with E-state index < -0.39 is 0 Å². The molecule has 3 aromatic rings. The van der Waals surface area contributed by atoms with E-state index >= 15 is 0 Å². The highest BCUT2D eigenvalue weighted by atomic mass is 32.1. The number of para-hydroxylation sites is 1. The largest absolute Gasteiger partial charge is 0.484 e. The Balaban J connectivity index is 1.93. The van der Waals surface area contributed by atoms with Gasteiger partial charge in [-0.15, -0.1) is 0 Å². The lowest BCUT2D eigenvalue weighted by Crippen LogP contribution is -2.21. The van der Waals surface area contributed by atoms with Crippen molar-refractivity contribution in [2.75, 3.05) is 20.3 Å². The van der Waals surface area contributed by atoms with Gasteiger partial charge in [0.05, 0.1) is 16.8 Å². The Hall–Kier alpha value is -2.44. The Morgan fingerprint density at radius 1 is 1.19 bits per heavy atom. The van der Waals surface area contributed by atoms with Gasteiger partial charge in [0, 0.05) is 13.7 Å². The van der Waals surface area contributed by atoms with Gasteiger partial charge in [-0.2, -0.15) is 4.99 Å².